The summed E-state index contributed by atoms with van der Waals surface area (Å²) in [6.07, 6.45) is 0. The number of hydrogen-bond acceptors (Lipinski definition) is 2. The van der Waals surface area contributed by atoms with Crippen LogP contribution < -0.4 is 0 Å². The van der Waals surface area contributed by atoms with Crippen LogP contribution in [0.15, 0.2) is 60.7 Å². The monoisotopic (exact) mass is 290 g/mol. The van der Waals surface area contributed by atoms with Gasteiger partial charge in [0.1, 0.15) is 0 Å². The number of benzene rings is 3. The molecule has 0 radical (unpaired) electrons. The second-order valence-corrected chi connectivity index (χ2v) is 5.62. The molecule has 0 atom stereocenters. The Balaban J connectivity index is 2.22. The Morgan fingerprint density at radius 2 is 0.864 bits per heavy atom. The highest BCUT2D eigenvalue weighted by atomic mass is 16.3. The Hall–Kier alpha value is -2.74. The molecule has 3 rings (SSSR count). The molecule has 0 aliphatic carbocycles. The minimum atomic E-state index is -0.105. The van der Waals surface area contributed by atoms with E-state index in [9.17, 15) is 10.2 Å². The van der Waals surface area contributed by atoms with Gasteiger partial charge in [0.2, 0.25) is 0 Å². The van der Waals surface area contributed by atoms with Crippen LogP contribution in [0.3, 0.4) is 0 Å². The zero-order valence-corrected chi connectivity index (χ0v) is 12.7. The summed E-state index contributed by atoms with van der Waals surface area (Å²) < 4.78 is 0. The lowest BCUT2D eigenvalue weighted by Crippen LogP contribution is -1.87. The van der Waals surface area contributed by atoms with E-state index in [2.05, 4.69) is 0 Å². The average molecular weight is 290 g/mol. The van der Waals surface area contributed by atoms with Crippen molar-refractivity contribution in [3.05, 3.63) is 71.8 Å². The number of phenolic OH excluding ortho intramolecular Hbond substituents is 2. The zero-order chi connectivity index (χ0) is 15.7. The van der Waals surface area contributed by atoms with Gasteiger partial charge in [0.05, 0.1) is 0 Å². The molecular formula is C20H18O2. The molecule has 22 heavy (non-hydrogen) atoms. The fourth-order valence-electron chi connectivity index (χ4n) is 2.52. The van der Waals surface area contributed by atoms with Gasteiger partial charge < -0.3 is 10.2 Å². The van der Waals surface area contributed by atoms with Crippen LogP contribution in [0, 0.1) is 13.8 Å². The van der Waals surface area contributed by atoms with Gasteiger partial charge in [-0.15, -0.1) is 0 Å². The van der Waals surface area contributed by atoms with Crippen LogP contribution in [0.4, 0.5) is 0 Å². The first-order valence-electron chi connectivity index (χ1n) is 7.24. The summed E-state index contributed by atoms with van der Waals surface area (Å²) in [4.78, 5) is 0. The van der Waals surface area contributed by atoms with Crippen LogP contribution in [0.2, 0.25) is 0 Å². The summed E-state index contributed by atoms with van der Waals surface area (Å²) >= 11 is 0. The van der Waals surface area contributed by atoms with Gasteiger partial charge in [0.25, 0.3) is 0 Å². The number of rotatable bonds is 2. The van der Waals surface area contributed by atoms with E-state index in [1.807, 2.05) is 62.4 Å². The van der Waals surface area contributed by atoms with Gasteiger partial charge in [-0.05, 0) is 48.2 Å². The van der Waals surface area contributed by atoms with Gasteiger partial charge in [0, 0.05) is 0 Å². The second kappa shape index (κ2) is 5.57. The van der Waals surface area contributed by atoms with E-state index in [1.165, 1.54) is 11.1 Å². The molecule has 0 heterocycles. The van der Waals surface area contributed by atoms with Crippen molar-refractivity contribution in [1.29, 1.82) is 0 Å². The molecule has 0 amide bonds. The van der Waals surface area contributed by atoms with Crippen LogP contribution in [0.25, 0.3) is 22.3 Å². The molecule has 0 bridgehead atoms. The van der Waals surface area contributed by atoms with E-state index in [1.54, 1.807) is 12.1 Å². The maximum absolute atomic E-state index is 9.88. The molecule has 0 aliphatic rings. The normalized spacial score (nSPS) is 10.6. The Morgan fingerprint density at radius 1 is 0.545 bits per heavy atom. The summed E-state index contributed by atoms with van der Waals surface area (Å²) in [5.41, 5.74) is 6.19. The number of hydrogen-bond donors (Lipinski definition) is 2. The van der Waals surface area contributed by atoms with Gasteiger partial charge in [-0.25, -0.2) is 0 Å². The molecule has 0 saturated carbocycles. The standard InChI is InChI=1S/C20H18O2/c1-13-3-7-15(8-4-13)17-11-19(21)20(22)12-18(17)16-9-5-14(2)6-10-16/h3-12,21-22H,1-2H3. The maximum Gasteiger partial charge on any atom is 0.158 e. The van der Waals surface area contributed by atoms with E-state index >= 15 is 0 Å². The smallest absolute Gasteiger partial charge is 0.158 e. The minimum absolute atomic E-state index is 0.105. The highest BCUT2D eigenvalue weighted by Crippen LogP contribution is 2.39. The molecule has 0 unspecified atom stereocenters. The molecule has 0 aliphatic heterocycles. The van der Waals surface area contributed by atoms with Crippen molar-refractivity contribution in [2.45, 2.75) is 13.8 Å². The number of phenols is 2. The number of aromatic hydroxyl groups is 2. The third-order valence-electron chi connectivity index (χ3n) is 3.84. The Bertz CT molecular complexity index is 730. The average Bonchev–Trinajstić information content (AvgIpc) is 2.51. The molecule has 0 aromatic heterocycles. The van der Waals surface area contributed by atoms with E-state index in [0.29, 0.717) is 0 Å². The first-order valence-corrected chi connectivity index (χ1v) is 7.24. The third-order valence-corrected chi connectivity index (χ3v) is 3.84. The number of aryl methyl sites for hydroxylation is 2. The SMILES string of the molecule is Cc1ccc(-c2cc(O)c(O)cc2-c2ccc(C)cc2)cc1. The Kier molecular flexibility index (Phi) is 3.60. The first-order chi connectivity index (χ1) is 10.5. The zero-order valence-electron chi connectivity index (χ0n) is 12.7. The van der Waals surface area contributed by atoms with Crippen molar-refractivity contribution in [2.75, 3.05) is 0 Å². The molecule has 0 fully saturated rings. The van der Waals surface area contributed by atoms with Crippen LogP contribution in [0.1, 0.15) is 11.1 Å². The fourth-order valence-corrected chi connectivity index (χ4v) is 2.52. The van der Waals surface area contributed by atoms with Crippen molar-refractivity contribution in [1.82, 2.24) is 0 Å². The quantitative estimate of drug-likeness (QED) is 0.648. The summed E-state index contributed by atoms with van der Waals surface area (Å²) in [6.45, 7) is 4.08. The molecule has 110 valence electrons. The second-order valence-electron chi connectivity index (χ2n) is 5.62. The predicted octanol–water partition coefficient (Wildman–Crippen LogP) is 5.05. The minimum Gasteiger partial charge on any atom is -0.504 e. The highest BCUT2D eigenvalue weighted by molar-refractivity contribution is 5.86. The van der Waals surface area contributed by atoms with Crippen molar-refractivity contribution >= 4 is 0 Å². The summed E-state index contributed by atoms with van der Waals surface area (Å²) in [6, 6.07) is 19.5. The first kappa shape index (κ1) is 14.2. The lowest BCUT2D eigenvalue weighted by Gasteiger charge is -2.13. The van der Waals surface area contributed by atoms with Crippen molar-refractivity contribution in [3.63, 3.8) is 0 Å². The van der Waals surface area contributed by atoms with Gasteiger partial charge in [-0.3, -0.25) is 0 Å². The third kappa shape index (κ3) is 2.68. The molecule has 2 nitrogen and oxygen atoms in total. The topological polar surface area (TPSA) is 40.5 Å². The van der Waals surface area contributed by atoms with E-state index < -0.39 is 0 Å². The molecule has 2 heteroatoms. The Labute approximate surface area is 130 Å². The van der Waals surface area contributed by atoms with Crippen molar-refractivity contribution in [3.8, 4) is 33.8 Å². The van der Waals surface area contributed by atoms with Gasteiger partial charge in [0.15, 0.2) is 11.5 Å². The van der Waals surface area contributed by atoms with Gasteiger partial charge in [-0.1, -0.05) is 59.7 Å². The molecule has 2 N–H and O–H groups in total. The van der Waals surface area contributed by atoms with E-state index in [-0.39, 0.29) is 11.5 Å². The van der Waals surface area contributed by atoms with Gasteiger partial charge >= 0.3 is 0 Å². The van der Waals surface area contributed by atoms with E-state index in [4.69, 9.17) is 0 Å². The van der Waals surface area contributed by atoms with Crippen molar-refractivity contribution < 1.29 is 10.2 Å². The van der Waals surface area contributed by atoms with E-state index in [0.717, 1.165) is 22.3 Å². The Morgan fingerprint density at radius 3 is 1.18 bits per heavy atom. The predicted molar refractivity (Wildman–Crippen MR) is 90.1 cm³/mol. The highest BCUT2D eigenvalue weighted by Gasteiger charge is 2.12. The van der Waals surface area contributed by atoms with Crippen molar-refractivity contribution in [2.24, 2.45) is 0 Å². The molecular weight excluding hydrogens is 272 g/mol. The lowest BCUT2D eigenvalue weighted by atomic mass is 9.93. The summed E-state index contributed by atoms with van der Waals surface area (Å²) in [5.74, 6) is -0.210. The largest absolute Gasteiger partial charge is 0.504 e. The molecule has 0 saturated heterocycles. The van der Waals surface area contributed by atoms with Crippen LogP contribution in [-0.2, 0) is 0 Å². The lowest BCUT2D eigenvalue weighted by molar-refractivity contribution is 0.404. The summed E-state index contributed by atoms with van der Waals surface area (Å²) in [7, 11) is 0. The maximum atomic E-state index is 9.88. The van der Waals surface area contributed by atoms with Gasteiger partial charge in [-0.2, -0.15) is 0 Å². The summed E-state index contributed by atoms with van der Waals surface area (Å²) in [5, 5.41) is 19.8. The van der Waals surface area contributed by atoms with Crippen LogP contribution in [-0.4, -0.2) is 10.2 Å². The molecule has 3 aromatic carbocycles. The van der Waals surface area contributed by atoms with Crippen LogP contribution >= 0.6 is 0 Å². The fraction of sp³-hybridized carbons (Fsp3) is 0.100. The van der Waals surface area contributed by atoms with Crippen LogP contribution in [0.5, 0.6) is 11.5 Å². The molecule has 3 aromatic rings. The molecule has 0 spiro atoms.